The minimum atomic E-state index is -0.0606. The molecule has 1 aliphatic carbocycles. The molecule has 0 saturated carbocycles. The van der Waals surface area contributed by atoms with Gasteiger partial charge < -0.3 is 0 Å². The van der Waals surface area contributed by atoms with Crippen LogP contribution in [0.1, 0.15) is 25.0 Å². The number of rotatable bonds is 2. The second-order valence-electron chi connectivity index (χ2n) is 9.12. The summed E-state index contributed by atoms with van der Waals surface area (Å²) in [5, 5.41) is 2.59. The average molecular weight is 475 g/mol. The molecule has 154 valence electrons. The molecule has 0 fully saturated rings. The molecular formula is C31H23Br. The van der Waals surface area contributed by atoms with Crippen molar-refractivity contribution < 1.29 is 0 Å². The molecule has 0 unspecified atom stereocenters. The lowest BCUT2D eigenvalue weighted by Gasteiger charge is -2.23. The quantitative estimate of drug-likeness (QED) is 0.239. The maximum atomic E-state index is 3.83. The average Bonchev–Trinajstić information content (AvgIpc) is 3.06. The van der Waals surface area contributed by atoms with Crippen LogP contribution in [0.15, 0.2) is 108 Å². The maximum Gasteiger partial charge on any atom is 0.0257 e. The van der Waals surface area contributed by atoms with E-state index in [9.17, 15) is 0 Å². The number of halogens is 1. The molecule has 0 amide bonds. The Labute approximate surface area is 197 Å². The van der Waals surface area contributed by atoms with Gasteiger partial charge in [0.25, 0.3) is 0 Å². The van der Waals surface area contributed by atoms with Gasteiger partial charge in [-0.15, -0.1) is 0 Å². The molecule has 0 saturated heterocycles. The largest absolute Gasteiger partial charge is 0.0622 e. The van der Waals surface area contributed by atoms with Crippen molar-refractivity contribution in [2.45, 2.75) is 19.3 Å². The van der Waals surface area contributed by atoms with Gasteiger partial charge in [-0.05, 0) is 67.4 Å². The van der Waals surface area contributed by atoms with Crippen molar-refractivity contribution in [3.8, 4) is 33.4 Å². The molecule has 32 heavy (non-hydrogen) atoms. The van der Waals surface area contributed by atoms with Crippen LogP contribution in [0.4, 0.5) is 0 Å². The summed E-state index contributed by atoms with van der Waals surface area (Å²) in [4.78, 5) is 0. The Morgan fingerprint density at radius 3 is 1.91 bits per heavy atom. The van der Waals surface area contributed by atoms with E-state index in [-0.39, 0.29) is 5.41 Å². The summed E-state index contributed by atoms with van der Waals surface area (Å²) in [5.41, 5.74) is 10.5. The second kappa shape index (κ2) is 7.18. The third kappa shape index (κ3) is 2.81. The molecule has 0 bridgehead atoms. The van der Waals surface area contributed by atoms with Gasteiger partial charge in [0.2, 0.25) is 0 Å². The summed E-state index contributed by atoms with van der Waals surface area (Å²) in [7, 11) is 0. The molecule has 0 radical (unpaired) electrons. The van der Waals surface area contributed by atoms with Crippen LogP contribution in [-0.2, 0) is 5.41 Å². The first-order valence-corrected chi connectivity index (χ1v) is 11.9. The first-order chi connectivity index (χ1) is 15.6. The van der Waals surface area contributed by atoms with Crippen molar-refractivity contribution >= 4 is 26.7 Å². The van der Waals surface area contributed by atoms with Crippen LogP contribution in [0.5, 0.6) is 0 Å². The predicted molar refractivity (Wildman–Crippen MR) is 140 cm³/mol. The molecule has 1 aliphatic rings. The Bertz CT molecular complexity index is 1490. The van der Waals surface area contributed by atoms with Gasteiger partial charge in [0.15, 0.2) is 0 Å². The van der Waals surface area contributed by atoms with Crippen LogP contribution in [0, 0.1) is 0 Å². The summed E-state index contributed by atoms with van der Waals surface area (Å²) in [5.74, 6) is 0. The Morgan fingerprint density at radius 1 is 0.531 bits per heavy atom. The monoisotopic (exact) mass is 474 g/mol. The SMILES string of the molecule is CC1(C)c2cc(-c3ccccc3-c3ccccc3)ccc2-c2c1cc(Br)c1ccccc21. The van der Waals surface area contributed by atoms with E-state index in [1.807, 2.05) is 0 Å². The van der Waals surface area contributed by atoms with E-state index in [1.54, 1.807) is 0 Å². The van der Waals surface area contributed by atoms with E-state index in [0.29, 0.717) is 0 Å². The molecule has 6 rings (SSSR count). The molecular weight excluding hydrogens is 452 g/mol. The van der Waals surface area contributed by atoms with Gasteiger partial charge in [-0.3, -0.25) is 0 Å². The van der Waals surface area contributed by atoms with Crippen molar-refractivity contribution in [2.75, 3.05) is 0 Å². The van der Waals surface area contributed by atoms with Gasteiger partial charge in [-0.25, -0.2) is 0 Å². The Morgan fingerprint density at radius 2 is 1.16 bits per heavy atom. The van der Waals surface area contributed by atoms with Crippen LogP contribution < -0.4 is 0 Å². The minimum absolute atomic E-state index is 0.0606. The summed E-state index contributed by atoms with van der Waals surface area (Å²) in [6, 6.07) is 37.5. The first-order valence-electron chi connectivity index (χ1n) is 11.1. The molecule has 5 aromatic carbocycles. The van der Waals surface area contributed by atoms with Gasteiger partial charge in [0.1, 0.15) is 0 Å². The molecule has 0 heterocycles. The molecule has 0 N–H and O–H groups in total. The molecule has 1 heteroatoms. The van der Waals surface area contributed by atoms with Crippen LogP contribution in [0.25, 0.3) is 44.2 Å². The molecule has 0 aliphatic heterocycles. The van der Waals surface area contributed by atoms with Crippen molar-refractivity contribution in [1.82, 2.24) is 0 Å². The third-order valence-corrected chi connectivity index (χ3v) is 7.61. The highest BCUT2D eigenvalue weighted by Gasteiger charge is 2.37. The van der Waals surface area contributed by atoms with Gasteiger partial charge in [0, 0.05) is 9.89 Å². The van der Waals surface area contributed by atoms with Gasteiger partial charge in [-0.2, -0.15) is 0 Å². The zero-order valence-electron chi connectivity index (χ0n) is 18.2. The van der Waals surface area contributed by atoms with Crippen LogP contribution in [-0.4, -0.2) is 0 Å². The molecule has 5 aromatic rings. The lowest BCUT2D eigenvalue weighted by atomic mass is 9.81. The Balaban J connectivity index is 1.59. The van der Waals surface area contributed by atoms with E-state index in [4.69, 9.17) is 0 Å². The van der Waals surface area contributed by atoms with Crippen LogP contribution >= 0.6 is 15.9 Å². The highest BCUT2D eigenvalue weighted by Crippen LogP contribution is 2.53. The zero-order valence-corrected chi connectivity index (χ0v) is 19.8. The number of fused-ring (bicyclic) bond motifs is 5. The minimum Gasteiger partial charge on any atom is -0.0622 e. The number of hydrogen-bond donors (Lipinski definition) is 0. The fourth-order valence-electron chi connectivity index (χ4n) is 5.31. The lowest BCUT2D eigenvalue weighted by Crippen LogP contribution is -2.15. The standard InChI is InChI=1S/C31H23Br/c1-31(2)27-18-21(23-13-7-6-12-22(23)20-10-4-3-5-11-20)16-17-26(27)30-25-15-9-8-14-24(25)29(32)19-28(30)31/h3-19H,1-2H3. The summed E-state index contributed by atoms with van der Waals surface area (Å²) in [6.45, 7) is 4.71. The Kier molecular flexibility index (Phi) is 4.38. The van der Waals surface area contributed by atoms with E-state index < -0.39 is 0 Å². The fourth-order valence-corrected chi connectivity index (χ4v) is 5.89. The Hall–Kier alpha value is -3.16. The highest BCUT2D eigenvalue weighted by atomic mass is 79.9. The fraction of sp³-hybridized carbons (Fsp3) is 0.0968. The molecule has 0 aromatic heterocycles. The van der Waals surface area contributed by atoms with E-state index >= 15 is 0 Å². The number of benzene rings is 5. The maximum absolute atomic E-state index is 3.83. The summed E-state index contributed by atoms with van der Waals surface area (Å²) >= 11 is 3.83. The van der Waals surface area contributed by atoms with Crippen molar-refractivity contribution in [3.63, 3.8) is 0 Å². The van der Waals surface area contributed by atoms with E-state index in [1.165, 1.54) is 59.8 Å². The second-order valence-corrected chi connectivity index (χ2v) is 9.98. The topological polar surface area (TPSA) is 0 Å². The zero-order chi connectivity index (χ0) is 21.9. The van der Waals surface area contributed by atoms with Crippen molar-refractivity contribution in [1.29, 1.82) is 0 Å². The smallest absolute Gasteiger partial charge is 0.0257 e. The summed E-state index contributed by atoms with van der Waals surface area (Å²) < 4.78 is 1.17. The van der Waals surface area contributed by atoms with Gasteiger partial charge in [-0.1, -0.05) is 121 Å². The normalized spacial score (nSPS) is 13.7. The van der Waals surface area contributed by atoms with E-state index in [2.05, 4.69) is 133 Å². The third-order valence-electron chi connectivity index (χ3n) is 6.95. The molecule has 0 atom stereocenters. The van der Waals surface area contributed by atoms with E-state index in [0.717, 1.165) is 0 Å². The number of hydrogen-bond acceptors (Lipinski definition) is 0. The van der Waals surface area contributed by atoms with Gasteiger partial charge in [0.05, 0.1) is 0 Å². The van der Waals surface area contributed by atoms with Crippen molar-refractivity contribution in [3.05, 3.63) is 119 Å². The summed E-state index contributed by atoms with van der Waals surface area (Å²) in [6.07, 6.45) is 0. The van der Waals surface area contributed by atoms with Gasteiger partial charge >= 0.3 is 0 Å². The molecule has 0 spiro atoms. The van der Waals surface area contributed by atoms with Crippen LogP contribution in [0.3, 0.4) is 0 Å². The first kappa shape index (κ1) is 19.5. The predicted octanol–water partition coefficient (Wildman–Crippen LogP) is 9.24. The van der Waals surface area contributed by atoms with Crippen molar-refractivity contribution in [2.24, 2.45) is 0 Å². The molecule has 0 nitrogen and oxygen atoms in total. The lowest BCUT2D eigenvalue weighted by molar-refractivity contribution is 0.660. The highest BCUT2D eigenvalue weighted by molar-refractivity contribution is 9.10. The van der Waals surface area contributed by atoms with Crippen LogP contribution in [0.2, 0.25) is 0 Å².